The number of carbonyl (C=O) groups is 2. The van der Waals surface area contributed by atoms with E-state index in [1.54, 1.807) is 0 Å². The molecular weight excluding hydrogens is 522 g/mol. The molecule has 2 aliphatic rings. The average molecular weight is 572 g/mol. The first kappa shape index (κ1) is 30.9. The number of nitrogens with one attached hydrogen (secondary N) is 3. The van der Waals surface area contributed by atoms with Crippen molar-refractivity contribution >= 4 is 29.0 Å². The van der Waals surface area contributed by atoms with Crippen molar-refractivity contribution < 1.29 is 19.4 Å². The molecule has 2 aliphatic carbocycles. The zero-order chi connectivity index (χ0) is 29.2. The van der Waals surface area contributed by atoms with E-state index < -0.39 is 24.0 Å². The van der Waals surface area contributed by atoms with Crippen LogP contribution in [-0.4, -0.2) is 80.6 Å². The van der Waals surface area contributed by atoms with Gasteiger partial charge in [-0.05, 0) is 52.5 Å². The highest BCUT2D eigenvalue weighted by atomic mass is 16.6. The van der Waals surface area contributed by atoms with Crippen LogP contribution in [0, 0.1) is 0 Å². The van der Waals surface area contributed by atoms with Crippen molar-refractivity contribution in [2.45, 2.75) is 122 Å². The van der Waals surface area contributed by atoms with Crippen LogP contribution in [0.25, 0.3) is 11.0 Å². The zero-order valence-electron chi connectivity index (χ0n) is 25.0. The van der Waals surface area contributed by atoms with Gasteiger partial charge < -0.3 is 30.4 Å². The first-order valence-electron chi connectivity index (χ1n) is 15.5. The van der Waals surface area contributed by atoms with Gasteiger partial charge in [0.15, 0.2) is 0 Å². The molecule has 0 aromatic carbocycles. The van der Waals surface area contributed by atoms with Gasteiger partial charge in [0.2, 0.25) is 0 Å². The number of fused-ring (bicyclic) bond motifs is 1. The quantitative estimate of drug-likeness (QED) is 0.213. The lowest BCUT2D eigenvalue weighted by Gasteiger charge is -2.43. The third-order valence-electron chi connectivity index (χ3n) is 8.19. The number of anilines is 1. The number of aromatic nitrogens is 3. The van der Waals surface area contributed by atoms with Gasteiger partial charge in [-0.15, -0.1) is 0 Å². The van der Waals surface area contributed by atoms with Crippen molar-refractivity contribution in [3.63, 3.8) is 0 Å². The van der Waals surface area contributed by atoms with Crippen LogP contribution in [0.1, 0.15) is 97.8 Å². The Kier molecular flexibility index (Phi) is 11.1. The van der Waals surface area contributed by atoms with E-state index >= 15 is 0 Å². The van der Waals surface area contributed by atoms with Crippen molar-refractivity contribution in [1.82, 2.24) is 30.5 Å². The minimum absolute atomic E-state index is 0.0626. The first-order valence-corrected chi connectivity index (χ1v) is 15.5. The fourth-order valence-corrected chi connectivity index (χ4v) is 6.25. The smallest absolute Gasteiger partial charge is 0.409 e. The van der Waals surface area contributed by atoms with E-state index in [0.29, 0.717) is 24.1 Å². The van der Waals surface area contributed by atoms with Crippen LogP contribution in [0.4, 0.5) is 15.4 Å². The van der Waals surface area contributed by atoms with Gasteiger partial charge in [-0.25, -0.2) is 19.6 Å². The number of ether oxygens (including phenoxy) is 1. The second-order valence-electron chi connectivity index (χ2n) is 12.5. The number of H-pyrrole nitrogens is 1. The van der Waals surface area contributed by atoms with E-state index in [4.69, 9.17) is 9.72 Å². The Morgan fingerprint density at radius 3 is 2.34 bits per heavy atom. The predicted octanol–water partition coefficient (Wildman–Crippen LogP) is 5.63. The van der Waals surface area contributed by atoms with Crippen LogP contribution in [0.15, 0.2) is 18.6 Å². The van der Waals surface area contributed by atoms with Crippen LogP contribution >= 0.6 is 0 Å². The maximum absolute atomic E-state index is 12.9. The normalized spacial score (nSPS) is 18.3. The summed E-state index contributed by atoms with van der Waals surface area (Å²) in [6, 6.07) is 2.41. The monoisotopic (exact) mass is 571 g/mol. The molecule has 2 amide bonds. The molecule has 1 unspecified atom stereocenters. The van der Waals surface area contributed by atoms with Crippen molar-refractivity contribution in [3.05, 3.63) is 18.6 Å². The van der Waals surface area contributed by atoms with Gasteiger partial charge in [-0.3, -0.25) is 4.90 Å². The number of amides is 2. The fraction of sp³-hybridized carbons (Fsp3) is 0.733. The number of rotatable bonds is 10. The summed E-state index contributed by atoms with van der Waals surface area (Å²) in [6.45, 7) is 6.34. The molecule has 2 aromatic heterocycles. The molecule has 2 heterocycles. The number of alkyl carbamates (subject to hydrolysis) is 1. The van der Waals surface area contributed by atoms with E-state index in [-0.39, 0.29) is 19.1 Å². The summed E-state index contributed by atoms with van der Waals surface area (Å²) in [5, 5.41) is 17.9. The number of carboxylic acid groups (broad SMARTS) is 1. The van der Waals surface area contributed by atoms with Gasteiger partial charge in [0, 0.05) is 31.4 Å². The van der Waals surface area contributed by atoms with Crippen LogP contribution in [-0.2, 0) is 4.74 Å². The molecule has 0 spiro atoms. The van der Waals surface area contributed by atoms with Crippen molar-refractivity contribution in [1.29, 1.82) is 0 Å². The summed E-state index contributed by atoms with van der Waals surface area (Å²) < 4.78 is 5.53. The Morgan fingerprint density at radius 2 is 1.71 bits per heavy atom. The van der Waals surface area contributed by atoms with Gasteiger partial charge in [0.25, 0.3) is 0 Å². The zero-order valence-corrected chi connectivity index (χ0v) is 25.0. The topological polar surface area (TPSA) is 136 Å². The van der Waals surface area contributed by atoms with E-state index in [1.165, 1.54) is 36.9 Å². The van der Waals surface area contributed by atoms with E-state index in [2.05, 4.69) is 25.5 Å². The number of hydrogen-bond acceptors (Lipinski definition) is 7. The van der Waals surface area contributed by atoms with Gasteiger partial charge in [0.1, 0.15) is 29.6 Å². The van der Waals surface area contributed by atoms with Crippen LogP contribution in [0.5, 0.6) is 0 Å². The minimum Gasteiger partial charge on any atom is -0.465 e. The molecule has 11 nitrogen and oxygen atoms in total. The lowest BCUT2D eigenvalue weighted by atomic mass is 10.0. The van der Waals surface area contributed by atoms with Gasteiger partial charge in [-0.2, -0.15) is 0 Å². The SMILES string of the molecule is CC(C)(C)OC(=O)NCC(N(CCNC1CCCCCC1)C(=O)O)N(c1ncnc2[nH]ccc12)C1CCCCCC1. The molecule has 41 heavy (non-hydrogen) atoms. The molecule has 0 radical (unpaired) electrons. The highest BCUT2D eigenvalue weighted by Crippen LogP contribution is 2.32. The molecule has 0 aliphatic heterocycles. The second-order valence-corrected chi connectivity index (χ2v) is 12.5. The third-order valence-corrected chi connectivity index (χ3v) is 8.19. The molecule has 2 fully saturated rings. The molecule has 0 saturated heterocycles. The minimum atomic E-state index is -1.03. The summed E-state index contributed by atoms with van der Waals surface area (Å²) in [5.41, 5.74) is 0.0314. The molecule has 4 rings (SSSR count). The summed E-state index contributed by atoms with van der Waals surface area (Å²) in [7, 11) is 0. The lowest BCUT2D eigenvalue weighted by Crippen LogP contribution is -2.60. The average Bonchev–Trinajstić information content (AvgIpc) is 3.08. The Hall–Kier alpha value is -3.08. The van der Waals surface area contributed by atoms with Gasteiger partial charge in [-0.1, -0.05) is 51.4 Å². The molecule has 2 aromatic rings. The van der Waals surface area contributed by atoms with Crippen LogP contribution in [0.2, 0.25) is 0 Å². The van der Waals surface area contributed by atoms with E-state index in [9.17, 15) is 14.7 Å². The maximum atomic E-state index is 12.9. The summed E-state index contributed by atoms with van der Waals surface area (Å²) in [6.07, 6.45) is 14.5. The summed E-state index contributed by atoms with van der Waals surface area (Å²) >= 11 is 0. The van der Waals surface area contributed by atoms with Crippen molar-refractivity contribution in [2.75, 3.05) is 24.5 Å². The third kappa shape index (κ3) is 8.95. The molecule has 1 atom stereocenters. The largest absolute Gasteiger partial charge is 0.465 e. The van der Waals surface area contributed by atoms with Crippen LogP contribution in [0.3, 0.4) is 0 Å². The molecule has 0 bridgehead atoms. The number of hydrogen-bond donors (Lipinski definition) is 4. The Bertz CT molecular complexity index is 1100. The highest BCUT2D eigenvalue weighted by Gasteiger charge is 2.36. The Balaban J connectivity index is 1.66. The maximum Gasteiger partial charge on any atom is 0.409 e. The van der Waals surface area contributed by atoms with Gasteiger partial charge >= 0.3 is 12.2 Å². The number of nitrogens with zero attached hydrogens (tertiary/aromatic N) is 4. The Labute approximate surface area is 243 Å². The van der Waals surface area contributed by atoms with Crippen LogP contribution < -0.4 is 15.5 Å². The first-order chi connectivity index (χ1) is 19.7. The molecule has 228 valence electrons. The van der Waals surface area contributed by atoms with Gasteiger partial charge in [0.05, 0.1) is 11.9 Å². The predicted molar refractivity (Wildman–Crippen MR) is 160 cm³/mol. The fourth-order valence-electron chi connectivity index (χ4n) is 6.25. The molecule has 11 heteroatoms. The highest BCUT2D eigenvalue weighted by molar-refractivity contribution is 5.87. The van der Waals surface area contributed by atoms with E-state index in [1.807, 2.05) is 33.0 Å². The number of aromatic amines is 1. The van der Waals surface area contributed by atoms with Crippen molar-refractivity contribution in [2.24, 2.45) is 0 Å². The molecular formula is C30H49N7O4. The summed E-state index contributed by atoms with van der Waals surface area (Å²) in [4.78, 5) is 41.6. The lowest BCUT2D eigenvalue weighted by molar-refractivity contribution is 0.0499. The standard InChI is InChI=1S/C30H49N7O4/c1-30(2,3)41-28(38)33-20-25(36(29(39)40)19-18-31-22-12-8-4-5-9-13-22)37(23-14-10-6-7-11-15-23)27-24-16-17-32-26(24)34-21-35-27/h16-17,21-23,25,31H,4-15,18-20H2,1-3H3,(H,33,38)(H,39,40)(H,32,34,35). The Morgan fingerprint density at radius 1 is 1.05 bits per heavy atom. The van der Waals surface area contributed by atoms with E-state index in [0.717, 1.165) is 56.8 Å². The second kappa shape index (κ2) is 14.7. The van der Waals surface area contributed by atoms with Crippen molar-refractivity contribution in [3.8, 4) is 0 Å². The molecule has 4 N–H and O–H groups in total. The summed E-state index contributed by atoms with van der Waals surface area (Å²) in [5.74, 6) is 0.683. The number of carbonyl (C=O) groups excluding carboxylic acids is 1. The molecule has 2 saturated carbocycles.